The molecule has 2 amide bonds. The number of benzene rings is 1. The summed E-state index contributed by atoms with van der Waals surface area (Å²) < 4.78 is 5.33. The van der Waals surface area contributed by atoms with Gasteiger partial charge in [0, 0.05) is 39.3 Å². The molecule has 0 bridgehead atoms. The molecular formula is C22H26N4O3. The van der Waals surface area contributed by atoms with Crippen LogP contribution in [0.4, 0.5) is 0 Å². The number of ether oxygens (including phenoxy) is 1. The normalized spacial score (nSPS) is 16.9. The molecule has 7 heteroatoms. The molecular weight excluding hydrogens is 368 g/mol. The second-order valence-corrected chi connectivity index (χ2v) is 7.36. The number of rotatable bonds is 5. The predicted octanol–water partition coefficient (Wildman–Crippen LogP) is 1.34. The number of fused-ring (bicyclic) bond motifs is 1. The number of nitrogens with zero attached hydrogens (tertiary/aromatic N) is 3. The van der Waals surface area contributed by atoms with E-state index in [2.05, 4.69) is 27.3 Å². The Kier molecular flexibility index (Phi) is 6.17. The summed E-state index contributed by atoms with van der Waals surface area (Å²) in [5.74, 6) is -0.389. The lowest BCUT2D eigenvalue weighted by atomic mass is 10.00. The maximum absolute atomic E-state index is 12.9. The maximum Gasteiger partial charge on any atom is 0.272 e. The number of morpholine rings is 1. The lowest BCUT2D eigenvalue weighted by Crippen LogP contribution is -2.41. The second kappa shape index (κ2) is 9.15. The molecule has 0 saturated carbocycles. The molecule has 1 fully saturated rings. The monoisotopic (exact) mass is 394 g/mol. The van der Waals surface area contributed by atoms with Crippen LogP contribution in [0.15, 0.2) is 42.5 Å². The van der Waals surface area contributed by atoms with Crippen molar-refractivity contribution in [3.63, 3.8) is 0 Å². The van der Waals surface area contributed by atoms with Gasteiger partial charge in [-0.3, -0.25) is 14.5 Å². The molecule has 2 aromatic rings. The van der Waals surface area contributed by atoms with Crippen LogP contribution in [-0.4, -0.2) is 72.5 Å². The SMILES string of the molecule is O=C(NCCN1CCOCC1)c1cccc(C(=O)N2CCc3ccccc3C2)n1. The summed E-state index contributed by atoms with van der Waals surface area (Å²) in [6, 6.07) is 13.2. The number of carbonyl (C=O) groups is 2. The largest absolute Gasteiger partial charge is 0.379 e. The zero-order chi connectivity index (χ0) is 20.1. The van der Waals surface area contributed by atoms with Crippen LogP contribution in [0.3, 0.4) is 0 Å². The van der Waals surface area contributed by atoms with Gasteiger partial charge < -0.3 is 15.0 Å². The van der Waals surface area contributed by atoms with Crippen LogP contribution in [0.2, 0.25) is 0 Å². The summed E-state index contributed by atoms with van der Waals surface area (Å²) >= 11 is 0. The van der Waals surface area contributed by atoms with Crippen LogP contribution < -0.4 is 5.32 Å². The maximum atomic E-state index is 12.9. The average Bonchev–Trinajstić information content (AvgIpc) is 2.79. The molecule has 4 rings (SSSR count). The van der Waals surface area contributed by atoms with Gasteiger partial charge in [0.15, 0.2) is 0 Å². The minimum atomic E-state index is -0.253. The van der Waals surface area contributed by atoms with Crippen LogP contribution in [0, 0.1) is 0 Å². The summed E-state index contributed by atoms with van der Waals surface area (Å²) in [4.78, 5) is 33.8. The minimum absolute atomic E-state index is 0.137. The van der Waals surface area contributed by atoms with Gasteiger partial charge in [-0.15, -0.1) is 0 Å². The summed E-state index contributed by atoms with van der Waals surface area (Å²) in [5.41, 5.74) is 3.04. The van der Waals surface area contributed by atoms with Gasteiger partial charge >= 0.3 is 0 Å². The van der Waals surface area contributed by atoms with E-state index in [1.807, 2.05) is 12.1 Å². The van der Waals surface area contributed by atoms with Crippen molar-refractivity contribution in [1.82, 2.24) is 20.1 Å². The zero-order valence-corrected chi connectivity index (χ0v) is 16.5. The van der Waals surface area contributed by atoms with Gasteiger partial charge in [-0.1, -0.05) is 30.3 Å². The molecule has 1 aromatic carbocycles. The van der Waals surface area contributed by atoms with Gasteiger partial charge in [0.05, 0.1) is 13.2 Å². The third-order valence-corrected chi connectivity index (χ3v) is 5.44. The fraction of sp³-hybridized carbons (Fsp3) is 0.409. The highest BCUT2D eigenvalue weighted by atomic mass is 16.5. The van der Waals surface area contributed by atoms with E-state index in [1.165, 1.54) is 11.1 Å². The van der Waals surface area contributed by atoms with E-state index in [0.717, 1.165) is 39.3 Å². The van der Waals surface area contributed by atoms with Crippen LogP contribution >= 0.6 is 0 Å². The Labute approximate surface area is 170 Å². The van der Waals surface area contributed by atoms with Gasteiger partial charge in [0.1, 0.15) is 11.4 Å². The Morgan fingerprint density at radius 1 is 0.966 bits per heavy atom. The summed E-state index contributed by atoms with van der Waals surface area (Å²) in [6.07, 6.45) is 0.837. The molecule has 0 unspecified atom stereocenters. The smallest absolute Gasteiger partial charge is 0.272 e. The van der Waals surface area contributed by atoms with Crippen LogP contribution in [0.1, 0.15) is 32.1 Å². The topological polar surface area (TPSA) is 74.8 Å². The quantitative estimate of drug-likeness (QED) is 0.829. The van der Waals surface area contributed by atoms with Crippen molar-refractivity contribution in [3.8, 4) is 0 Å². The standard InChI is InChI=1S/C22H26N4O3/c27-21(23-9-11-25-12-14-29-15-13-25)19-6-3-7-20(24-19)22(28)26-10-8-17-4-1-2-5-18(17)16-26/h1-7H,8-16H2,(H,23,27). The first-order valence-corrected chi connectivity index (χ1v) is 10.1. The fourth-order valence-corrected chi connectivity index (χ4v) is 3.75. The number of aromatic nitrogens is 1. The van der Waals surface area contributed by atoms with Gasteiger partial charge in [-0.05, 0) is 29.7 Å². The third-order valence-electron chi connectivity index (χ3n) is 5.44. The molecule has 1 N–H and O–H groups in total. The van der Waals surface area contributed by atoms with E-state index >= 15 is 0 Å². The lowest BCUT2D eigenvalue weighted by Gasteiger charge is -2.28. The Hall–Kier alpha value is -2.77. The van der Waals surface area contributed by atoms with Gasteiger partial charge in [-0.2, -0.15) is 0 Å². The molecule has 2 aliphatic rings. The first kappa shape index (κ1) is 19.5. The highest BCUT2D eigenvalue weighted by Crippen LogP contribution is 2.20. The molecule has 1 aromatic heterocycles. The van der Waals surface area contributed by atoms with Crippen molar-refractivity contribution >= 4 is 11.8 Å². The van der Waals surface area contributed by atoms with Gasteiger partial charge in [0.2, 0.25) is 0 Å². The Morgan fingerprint density at radius 3 is 2.55 bits per heavy atom. The van der Waals surface area contributed by atoms with E-state index in [1.54, 1.807) is 23.1 Å². The zero-order valence-electron chi connectivity index (χ0n) is 16.5. The van der Waals surface area contributed by atoms with Gasteiger partial charge in [-0.25, -0.2) is 4.98 Å². The van der Waals surface area contributed by atoms with Crippen molar-refractivity contribution in [2.75, 3.05) is 45.9 Å². The van der Waals surface area contributed by atoms with Crippen LogP contribution in [0.25, 0.3) is 0 Å². The fourth-order valence-electron chi connectivity index (χ4n) is 3.75. The van der Waals surface area contributed by atoms with E-state index in [9.17, 15) is 9.59 Å². The summed E-state index contributed by atoms with van der Waals surface area (Å²) in [6.45, 7) is 5.80. The van der Waals surface area contributed by atoms with E-state index < -0.39 is 0 Å². The molecule has 7 nitrogen and oxygen atoms in total. The van der Waals surface area contributed by atoms with Crippen LogP contribution in [-0.2, 0) is 17.7 Å². The first-order chi connectivity index (χ1) is 14.2. The average molecular weight is 394 g/mol. The third kappa shape index (κ3) is 4.81. The van der Waals surface area contributed by atoms with Crippen LogP contribution in [0.5, 0.6) is 0 Å². The van der Waals surface area contributed by atoms with Crippen molar-refractivity contribution in [2.24, 2.45) is 0 Å². The van der Waals surface area contributed by atoms with Crippen molar-refractivity contribution in [2.45, 2.75) is 13.0 Å². The molecule has 29 heavy (non-hydrogen) atoms. The molecule has 0 atom stereocenters. The number of amides is 2. The molecule has 3 heterocycles. The Balaban J connectivity index is 1.35. The summed E-state index contributed by atoms with van der Waals surface area (Å²) in [7, 11) is 0. The van der Waals surface area contributed by atoms with E-state index in [0.29, 0.717) is 25.3 Å². The molecule has 152 valence electrons. The molecule has 2 aliphatic heterocycles. The predicted molar refractivity (Wildman–Crippen MR) is 109 cm³/mol. The highest BCUT2D eigenvalue weighted by molar-refractivity contribution is 5.96. The highest BCUT2D eigenvalue weighted by Gasteiger charge is 2.23. The Bertz CT molecular complexity index is 880. The van der Waals surface area contributed by atoms with Crippen molar-refractivity contribution < 1.29 is 14.3 Å². The lowest BCUT2D eigenvalue weighted by molar-refractivity contribution is 0.0383. The Morgan fingerprint density at radius 2 is 1.72 bits per heavy atom. The number of hydrogen-bond donors (Lipinski definition) is 1. The molecule has 1 saturated heterocycles. The molecule has 0 aliphatic carbocycles. The van der Waals surface area contributed by atoms with Gasteiger partial charge in [0.25, 0.3) is 11.8 Å². The summed E-state index contributed by atoms with van der Waals surface area (Å²) in [5, 5.41) is 2.90. The number of hydrogen-bond acceptors (Lipinski definition) is 5. The number of pyridine rings is 1. The molecule has 0 spiro atoms. The molecule has 0 radical (unpaired) electrons. The first-order valence-electron chi connectivity index (χ1n) is 10.1. The van der Waals surface area contributed by atoms with Crippen molar-refractivity contribution in [1.29, 1.82) is 0 Å². The number of nitrogens with one attached hydrogen (secondary N) is 1. The van der Waals surface area contributed by atoms with E-state index in [4.69, 9.17) is 4.74 Å². The van der Waals surface area contributed by atoms with Crippen molar-refractivity contribution in [3.05, 3.63) is 65.0 Å². The second-order valence-electron chi connectivity index (χ2n) is 7.36. The minimum Gasteiger partial charge on any atom is -0.379 e. The van der Waals surface area contributed by atoms with E-state index in [-0.39, 0.29) is 17.5 Å². The number of carbonyl (C=O) groups excluding carboxylic acids is 2.